The second-order valence-corrected chi connectivity index (χ2v) is 37.4. The van der Waals surface area contributed by atoms with Crippen LogP contribution in [0.25, 0.3) is 67.4 Å². The summed E-state index contributed by atoms with van der Waals surface area (Å²) in [5.41, 5.74) is 53.9. The monoisotopic (exact) mass is 1700 g/mol. The number of hydrogen-bond donors (Lipinski definition) is 7. The zero-order valence-electron chi connectivity index (χ0n) is 66.6. The van der Waals surface area contributed by atoms with Gasteiger partial charge in [0.2, 0.25) is 5.28 Å². The van der Waals surface area contributed by atoms with Gasteiger partial charge in [0.25, 0.3) is 0 Å². The van der Waals surface area contributed by atoms with Crippen LogP contribution in [0.1, 0.15) is 75.8 Å². The Morgan fingerprint density at radius 2 is 0.901 bits per heavy atom. The maximum atomic E-state index is 9.11. The van der Waals surface area contributed by atoms with Gasteiger partial charge in [0.05, 0.1) is 82.8 Å². The van der Waals surface area contributed by atoms with Crippen molar-refractivity contribution in [2.75, 3.05) is 28.7 Å². The average Bonchev–Trinajstić information content (AvgIpc) is 1.31. The van der Waals surface area contributed by atoms with Crippen LogP contribution in [0.3, 0.4) is 0 Å². The number of hydrogen-bond acceptors (Lipinski definition) is 28. The van der Waals surface area contributed by atoms with Crippen molar-refractivity contribution < 1.29 is 10.0 Å². The van der Waals surface area contributed by atoms with Gasteiger partial charge < -0.3 is 38.7 Å². The summed E-state index contributed by atoms with van der Waals surface area (Å²) < 4.78 is 1.71. The Morgan fingerprint density at radius 3 is 1.38 bits per heavy atom. The summed E-state index contributed by atoms with van der Waals surface area (Å²) >= 11 is 16.6. The molecule has 0 spiro atoms. The third kappa shape index (κ3) is 33.8. The number of anilines is 5. The molecule has 12 N–H and O–H groups in total. The third-order valence-electron chi connectivity index (χ3n) is 14.8. The predicted octanol–water partition coefficient (Wildman–Crippen LogP) is 13.5. The number of nitrogen functional groups attached to an aromatic ring is 5. The molecule has 37 heteroatoms. The van der Waals surface area contributed by atoms with E-state index in [1.165, 1.54) is 30.5 Å². The lowest BCUT2D eigenvalue weighted by Gasteiger charge is -2.05. The van der Waals surface area contributed by atoms with Crippen molar-refractivity contribution in [2.45, 2.75) is 79.1 Å². The number of rotatable bonds is 12. The zero-order chi connectivity index (χ0) is 88.6. The van der Waals surface area contributed by atoms with Crippen molar-refractivity contribution in [3.8, 4) is 123 Å². The van der Waals surface area contributed by atoms with Gasteiger partial charge in [0, 0.05) is 87.0 Å². The number of nitriles is 5. The fraction of sp³-hybridized carbons (Fsp3) is 0.143. The van der Waals surface area contributed by atoms with Gasteiger partial charge in [-0.05, 0) is 114 Å². The van der Waals surface area contributed by atoms with Gasteiger partial charge in [-0.25, -0.2) is 54.5 Å². The first-order valence-electron chi connectivity index (χ1n) is 36.0. The maximum absolute atomic E-state index is 9.11. The molecule has 0 saturated heterocycles. The van der Waals surface area contributed by atoms with Gasteiger partial charge in [0.1, 0.15) is 78.7 Å². The van der Waals surface area contributed by atoms with Gasteiger partial charge >= 0.3 is 7.12 Å². The van der Waals surface area contributed by atoms with Crippen LogP contribution >= 0.6 is 34.8 Å². The van der Waals surface area contributed by atoms with E-state index < -0.39 is 23.3 Å². The Morgan fingerprint density at radius 1 is 0.471 bits per heavy atom. The van der Waals surface area contributed by atoms with Crippen LogP contribution in [0, 0.1) is 92.4 Å². The lowest BCUT2D eigenvalue weighted by Crippen LogP contribution is -2.29. The Bertz CT molecular complexity index is 6130. The molecule has 9 heterocycles. The molecule has 0 fully saturated rings. The molecule has 0 aliphatic carbocycles. The van der Waals surface area contributed by atoms with E-state index in [1.807, 2.05) is 73.7 Å². The van der Waals surface area contributed by atoms with Gasteiger partial charge in [-0.2, -0.15) is 26.3 Å². The number of aryl methyl sites for hydroxylation is 2. The summed E-state index contributed by atoms with van der Waals surface area (Å²) in [6.45, 7) is 17.9. The van der Waals surface area contributed by atoms with Gasteiger partial charge in [0.15, 0.2) is 23.3 Å². The third-order valence-corrected chi connectivity index (χ3v) is 17.1. The first-order chi connectivity index (χ1) is 57.8. The molecule has 0 unspecified atom stereocenters. The highest BCUT2D eigenvalue weighted by atomic mass is 35.5. The largest absolute Gasteiger partial charge is 0.488 e. The predicted molar refractivity (Wildman–Crippen MR) is 475 cm³/mol. The maximum Gasteiger partial charge on any atom is 0.488 e. The number of halogens is 3. The quantitative estimate of drug-likeness (QED) is 0.0114. The van der Waals surface area contributed by atoms with Crippen LogP contribution in [-0.2, 0) is 25.9 Å². The van der Waals surface area contributed by atoms with E-state index >= 15 is 0 Å². The van der Waals surface area contributed by atoms with E-state index in [9.17, 15) is 0 Å². The molecular formula is C84H77BCl3N29O2Si2. The molecule has 13 rings (SSSR count). The minimum Gasteiger partial charge on any atom is -0.423 e. The number of azide groups is 1. The fourth-order valence-electron chi connectivity index (χ4n) is 9.24. The van der Waals surface area contributed by atoms with Gasteiger partial charge in [-0.1, -0.05) is 159 Å². The van der Waals surface area contributed by atoms with Crippen molar-refractivity contribution in [1.29, 1.82) is 26.3 Å². The van der Waals surface area contributed by atoms with Crippen molar-refractivity contribution in [1.82, 2.24) is 79.8 Å². The van der Waals surface area contributed by atoms with E-state index in [1.54, 1.807) is 114 Å². The molecule has 0 amide bonds. The molecule has 0 bridgehead atoms. The molecule has 31 nitrogen and oxygen atoms in total. The van der Waals surface area contributed by atoms with Crippen LogP contribution < -0.4 is 34.1 Å². The first-order valence-corrected chi connectivity index (χ1v) is 44.1. The highest BCUT2D eigenvalue weighted by Crippen LogP contribution is 2.25. The number of pyridine rings is 3. The van der Waals surface area contributed by atoms with Crippen molar-refractivity contribution >= 4 is 92.6 Å². The highest BCUT2D eigenvalue weighted by Gasteiger charge is 2.16. The minimum atomic E-state index is -1.50. The molecule has 0 aliphatic rings. The standard InChI is InChI=1S/C21H18N8.C16H16N4Si.C12H7N5.C11H7ClN4.C8H10N4.C7H6BNO2.C5H10Si.C4H3Cl2N3/c1-2-16-7-4-8-17(24-16)12-29-13-19(27-28-29)18-10-20(23)26-21(25-18)15-6-3-5-14(9-15)11-22;1-21(2,3)8-7-14-10-15(18)20-16(19-14)13-6-4-5-12(9-13)11-17;1-2-10-4-11(14)17-12(16-10)9-3-8(5-13)6-15-7-9;12-9-5-10(14)16-11(15-9)8-3-1-2-7(4-8)6-13;1-2-7-4-3-5-8(11-7)6-10-12-9;9-5-6-2-1-3-7(4-6)8(10)11;1-5-6(2,3)4;5-2-1-3(7)9-4(6)8-2/h3-10,13H,2,12H2,1H3,(H2,23,25,26);4-6,9-10H,1-3H3,(H2,18,19,20);1,3-4,6-7H,(H2,14,16,17);1-5H,(H2,14,15,16);3-5H,2,6H2,1H3;1-4,10-11H;1H,2-4H3;1H,(H2,7,8,9). The Hall–Kier alpha value is -15.4. The summed E-state index contributed by atoms with van der Waals surface area (Å²) in [7, 11) is -4.07. The van der Waals surface area contributed by atoms with E-state index in [2.05, 4.69) is 166 Å². The lowest BCUT2D eigenvalue weighted by atomic mass is 9.80. The molecule has 0 atom stereocenters. The minimum absolute atomic E-state index is 0.0694. The normalized spacial score (nSPS) is 9.87. The summed E-state index contributed by atoms with van der Waals surface area (Å²) in [4.78, 5) is 56.4. The highest BCUT2D eigenvalue weighted by molar-refractivity contribution is 6.84. The number of terminal acetylenes is 2. The molecule has 0 radical (unpaired) electrons. The van der Waals surface area contributed by atoms with Crippen LogP contribution in [0.15, 0.2) is 194 Å². The molecule has 121 heavy (non-hydrogen) atoms. The summed E-state index contributed by atoms with van der Waals surface area (Å²) in [6.07, 6.45) is 17.0. The Balaban J connectivity index is 0.000000223. The molecule has 9 aromatic heterocycles. The fourth-order valence-corrected chi connectivity index (χ4v) is 10.4. The number of nitrogens with two attached hydrogens (primary N) is 5. The van der Waals surface area contributed by atoms with Crippen LogP contribution in [0.2, 0.25) is 54.9 Å². The van der Waals surface area contributed by atoms with Gasteiger partial charge in [-0.3, -0.25) is 15.0 Å². The van der Waals surface area contributed by atoms with Crippen molar-refractivity contribution in [3.63, 3.8) is 0 Å². The first kappa shape index (κ1) is 94.5. The topological polar surface area (TPSA) is 537 Å². The second-order valence-electron chi connectivity index (χ2n) is 26.8. The van der Waals surface area contributed by atoms with Gasteiger partial charge in [-0.15, -0.1) is 29.0 Å². The SMILES string of the molecule is C#C[Si](C)(C)C.C#Cc1cc(N)nc(-c2cncc(C#N)c2)n1.CCc1cccc(CN=[N+]=[N-])n1.CCc1cccc(Cn2cc(-c3cc(N)nc(-c4cccc(C#N)c4)n3)nn2)n1.C[Si](C)(C)C#Cc1cc(N)nc(-c2cccc(C#N)c2)n1.N#Cc1cccc(-c2nc(N)cc(Cl)n2)c1.N#Cc1cccc(B(O)O)c1.Nc1cc(Cl)nc(Cl)n1. The average molecular weight is 1700 g/mol. The van der Waals surface area contributed by atoms with Crippen LogP contribution in [0.5, 0.6) is 0 Å². The molecule has 0 aliphatic heterocycles. The van der Waals surface area contributed by atoms with Crippen molar-refractivity contribution in [2.24, 2.45) is 5.11 Å². The number of nitrogens with zero attached hydrogens (tertiary/aromatic N) is 24. The van der Waals surface area contributed by atoms with E-state index in [4.69, 9.17) is 118 Å². The molecule has 13 aromatic rings. The number of aromatic nitrogens is 16. The smallest absolute Gasteiger partial charge is 0.423 e. The van der Waals surface area contributed by atoms with E-state index in [0.29, 0.717) is 127 Å². The van der Waals surface area contributed by atoms with Crippen LogP contribution in [0.4, 0.5) is 29.1 Å². The summed E-state index contributed by atoms with van der Waals surface area (Å²) in [5.74, 6) is 8.74. The van der Waals surface area contributed by atoms with Crippen molar-refractivity contribution in [3.05, 3.63) is 276 Å². The molecule has 602 valence electrons. The second kappa shape index (κ2) is 47.6. The summed E-state index contributed by atoms with van der Waals surface area (Å²) in [5, 5.41) is 73.9. The number of benzene rings is 4. The Kier molecular flexibility index (Phi) is 37.1. The lowest BCUT2D eigenvalue weighted by molar-refractivity contribution is 0.425. The zero-order valence-corrected chi connectivity index (χ0v) is 70.9. The molecular weight excluding hydrogens is 1620 g/mol. The van der Waals surface area contributed by atoms with Crippen LogP contribution in [-0.4, -0.2) is 113 Å². The van der Waals surface area contributed by atoms with E-state index in [0.717, 1.165) is 41.2 Å². The van der Waals surface area contributed by atoms with E-state index in [-0.39, 0.29) is 27.2 Å². The molecule has 4 aromatic carbocycles. The Labute approximate surface area is 716 Å². The molecule has 0 saturated carbocycles. The summed E-state index contributed by atoms with van der Waals surface area (Å²) in [6, 6.07) is 58.5.